The van der Waals surface area contributed by atoms with Crippen LogP contribution >= 0.6 is 23.2 Å². The number of ether oxygens (including phenoxy) is 2. The van der Waals surface area contributed by atoms with E-state index in [-0.39, 0.29) is 23.7 Å². The zero-order chi connectivity index (χ0) is 21.5. The zero-order valence-electron chi connectivity index (χ0n) is 17.1. The molecule has 1 atom stereocenters. The second kappa shape index (κ2) is 8.43. The SMILES string of the molecule is CC(c1nc2c(cnn2C2CCOCC2)c(=O)[nH]1)N1CC(Oc2cccc(Cl)c2Cl)C1. The summed E-state index contributed by atoms with van der Waals surface area (Å²) in [6.07, 6.45) is 3.34. The van der Waals surface area contributed by atoms with Crippen molar-refractivity contribution < 1.29 is 9.47 Å². The highest BCUT2D eigenvalue weighted by molar-refractivity contribution is 6.42. The van der Waals surface area contributed by atoms with Gasteiger partial charge in [0.1, 0.15) is 28.1 Å². The molecule has 2 saturated heterocycles. The van der Waals surface area contributed by atoms with Crippen molar-refractivity contribution in [2.45, 2.75) is 38.0 Å². The van der Waals surface area contributed by atoms with Gasteiger partial charge in [0, 0.05) is 26.3 Å². The van der Waals surface area contributed by atoms with E-state index in [4.69, 9.17) is 37.7 Å². The van der Waals surface area contributed by atoms with Gasteiger partial charge >= 0.3 is 0 Å². The molecule has 10 heteroatoms. The van der Waals surface area contributed by atoms with E-state index in [0.717, 1.165) is 12.8 Å². The molecular formula is C21H23Cl2N5O3. The average Bonchev–Trinajstić information content (AvgIpc) is 3.18. The van der Waals surface area contributed by atoms with Crippen LogP contribution in [0.2, 0.25) is 10.0 Å². The quantitative estimate of drug-likeness (QED) is 0.621. The molecule has 2 aliphatic rings. The van der Waals surface area contributed by atoms with Crippen molar-refractivity contribution in [1.29, 1.82) is 0 Å². The van der Waals surface area contributed by atoms with Gasteiger partial charge in [-0.15, -0.1) is 0 Å². The molecule has 1 unspecified atom stereocenters. The van der Waals surface area contributed by atoms with Crippen LogP contribution in [-0.2, 0) is 4.74 Å². The molecule has 0 aliphatic carbocycles. The lowest BCUT2D eigenvalue weighted by atomic mass is 10.1. The predicted octanol–water partition coefficient (Wildman–Crippen LogP) is 3.60. The molecule has 0 saturated carbocycles. The van der Waals surface area contributed by atoms with E-state index in [1.807, 2.05) is 23.7 Å². The van der Waals surface area contributed by atoms with Crippen LogP contribution in [0.25, 0.3) is 11.0 Å². The summed E-state index contributed by atoms with van der Waals surface area (Å²) in [5.41, 5.74) is 0.473. The minimum atomic E-state index is -0.163. The van der Waals surface area contributed by atoms with Crippen LogP contribution in [0, 0.1) is 0 Å². The summed E-state index contributed by atoms with van der Waals surface area (Å²) in [5.74, 6) is 1.21. The number of aromatic nitrogens is 4. The van der Waals surface area contributed by atoms with Crippen LogP contribution in [-0.4, -0.2) is 57.1 Å². The van der Waals surface area contributed by atoms with Gasteiger partial charge in [-0.2, -0.15) is 5.10 Å². The van der Waals surface area contributed by atoms with Crippen molar-refractivity contribution in [2.75, 3.05) is 26.3 Å². The summed E-state index contributed by atoms with van der Waals surface area (Å²) in [4.78, 5) is 22.6. The first-order valence-corrected chi connectivity index (χ1v) is 11.2. The Morgan fingerprint density at radius 1 is 1.26 bits per heavy atom. The first-order valence-electron chi connectivity index (χ1n) is 10.4. The molecule has 0 spiro atoms. The third kappa shape index (κ3) is 3.93. The number of H-pyrrole nitrogens is 1. The molecule has 1 N–H and O–H groups in total. The number of halogens is 2. The molecule has 4 heterocycles. The maximum absolute atomic E-state index is 12.7. The molecule has 31 heavy (non-hydrogen) atoms. The van der Waals surface area contributed by atoms with Gasteiger partial charge in [-0.1, -0.05) is 29.3 Å². The van der Waals surface area contributed by atoms with Crippen LogP contribution in [0.5, 0.6) is 5.75 Å². The molecule has 2 aliphatic heterocycles. The number of benzene rings is 1. The number of hydrogen-bond acceptors (Lipinski definition) is 6. The number of rotatable bonds is 5. The molecule has 3 aromatic rings. The maximum atomic E-state index is 12.7. The van der Waals surface area contributed by atoms with Crippen molar-refractivity contribution in [3.05, 3.63) is 50.6 Å². The highest BCUT2D eigenvalue weighted by Gasteiger charge is 2.34. The third-order valence-electron chi connectivity index (χ3n) is 6.05. The highest BCUT2D eigenvalue weighted by atomic mass is 35.5. The van der Waals surface area contributed by atoms with E-state index in [0.29, 0.717) is 59.0 Å². The lowest BCUT2D eigenvalue weighted by Gasteiger charge is -2.42. The molecule has 8 nitrogen and oxygen atoms in total. The van der Waals surface area contributed by atoms with E-state index in [2.05, 4.69) is 15.0 Å². The number of hydrogen-bond donors (Lipinski definition) is 1. The van der Waals surface area contributed by atoms with Crippen molar-refractivity contribution in [2.24, 2.45) is 0 Å². The topological polar surface area (TPSA) is 85.3 Å². The Hall–Kier alpha value is -2.13. The third-order valence-corrected chi connectivity index (χ3v) is 6.85. The molecule has 2 aromatic heterocycles. The first-order chi connectivity index (χ1) is 15.0. The van der Waals surface area contributed by atoms with Crippen LogP contribution in [0.3, 0.4) is 0 Å². The van der Waals surface area contributed by atoms with E-state index in [1.54, 1.807) is 12.3 Å². The minimum Gasteiger partial charge on any atom is -0.486 e. The van der Waals surface area contributed by atoms with Gasteiger partial charge in [-0.3, -0.25) is 9.69 Å². The van der Waals surface area contributed by atoms with Gasteiger partial charge < -0.3 is 14.5 Å². The summed E-state index contributed by atoms with van der Waals surface area (Å²) in [6, 6.07) is 5.49. The fourth-order valence-corrected chi connectivity index (χ4v) is 4.47. The van der Waals surface area contributed by atoms with E-state index in [9.17, 15) is 4.79 Å². The van der Waals surface area contributed by atoms with Gasteiger partial charge in [-0.25, -0.2) is 9.67 Å². The largest absolute Gasteiger partial charge is 0.486 e. The lowest BCUT2D eigenvalue weighted by Crippen LogP contribution is -2.54. The monoisotopic (exact) mass is 463 g/mol. The Bertz CT molecular complexity index is 1150. The summed E-state index contributed by atoms with van der Waals surface area (Å²) < 4.78 is 13.3. The molecule has 0 radical (unpaired) electrons. The Labute approximate surface area is 189 Å². The first kappa shape index (κ1) is 20.8. The normalized spacial score (nSPS) is 19.5. The average molecular weight is 464 g/mol. The van der Waals surface area contributed by atoms with E-state index >= 15 is 0 Å². The Kier molecular flexibility index (Phi) is 5.64. The number of likely N-dealkylation sites (tertiary alicyclic amines) is 1. The lowest BCUT2D eigenvalue weighted by molar-refractivity contribution is -0.00730. The Balaban J connectivity index is 1.32. The smallest absolute Gasteiger partial charge is 0.262 e. The van der Waals surface area contributed by atoms with Crippen molar-refractivity contribution >= 4 is 34.2 Å². The summed E-state index contributed by atoms with van der Waals surface area (Å²) in [5, 5.41) is 5.87. The highest BCUT2D eigenvalue weighted by Crippen LogP contribution is 2.34. The predicted molar refractivity (Wildman–Crippen MR) is 118 cm³/mol. The van der Waals surface area contributed by atoms with Crippen molar-refractivity contribution in [1.82, 2.24) is 24.6 Å². The van der Waals surface area contributed by atoms with Crippen LogP contribution in [0.15, 0.2) is 29.2 Å². The summed E-state index contributed by atoms with van der Waals surface area (Å²) >= 11 is 12.3. The summed E-state index contributed by atoms with van der Waals surface area (Å²) in [6.45, 7) is 4.83. The van der Waals surface area contributed by atoms with Crippen molar-refractivity contribution in [3.8, 4) is 5.75 Å². The van der Waals surface area contributed by atoms with Gasteiger partial charge in [-0.05, 0) is 31.9 Å². The Morgan fingerprint density at radius 2 is 2.03 bits per heavy atom. The molecule has 1 aromatic carbocycles. The zero-order valence-corrected chi connectivity index (χ0v) is 18.6. The molecular weight excluding hydrogens is 441 g/mol. The molecule has 5 rings (SSSR count). The summed E-state index contributed by atoms with van der Waals surface area (Å²) in [7, 11) is 0. The fraction of sp³-hybridized carbons (Fsp3) is 0.476. The van der Waals surface area contributed by atoms with E-state index in [1.165, 1.54) is 0 Å². The fourth-order valence-electron chi connectivity index (χ4n) is 4.14. The standard InChI is InChI=1S/C21H23Cl2N5O3/c1-12(27-10-14(11-27)31-17-4-2-3-16(22)18(17)23)19-25-20-15(21(29)26-19)9-24-28(20)13-5-7-30-8-6-13/h2-4,9,12-14H,5-8,10-11H2,1H3,(H,25,26,29). The van der Waals surface area contributed by atoms with Crippen LogP contribution in [0.1, 0.15) is 37.7 Å². The van der Waals surface area contributed by atoms with Crippen molar-refractivity contribution in [3.63, 3.8) is 0 Å². The number of aromatic amines is 1. The Morgan fingerprint density at radius 3 is 2.81 bits per heavy atom. The minimum absolute atomic E-state index is 0.00152. The van der Waals surface area contributed by atoms with Crippen LogP contribution in [0.4, 0.5) is 0 Å². The van der Waals surface area contributed by atoms with Gasteiger partial charge in [0.15, 0.2) is 5.65 Å². The molecule has 2 fully saturated rings. The molecule has 0 amide bonds. The van der Waals surface area contributed by atoms with E-state index < -0.39 is 0 Å². The number of fused-ring (bicyclic) bond motifs is 1. The molecule has 0 bridgehead atoms. The number of nitrogens with zero attached hydrogens (tertiary/aromatic N) is 4. The second-order valence-electron chi connectivity index (χ2n) is 8.04. The van der Waals surface area contributed by atoms with Gasteiger partial charge in [0.05, 0.1) is 23.3 Å². The maximum Gasteiger partial charge on any atom is 0.262 e. The van der Waals surface area contributed by atoms with Gasteiger partial charge in [0.25, 0.3) is 5.56 Å². The number of nitrogens with one attached hydrogen (secondary N) is 1. The van der Waals surface area contributed by atoms with Gasteiger partial charge in [0.2, 0.25) is 0 Å². The second-order valence-corrected chi connectivity index (χ2v) is 8.83. The van der Waals surface area contributed by atoms with Crippen LogP contribution < -0.4 is 10.3 Å². The molecule has 164 valence electrons.